The Morgan fingerprint density at radius 2 is 1.53 bits per heavy atom. The number of unbranched alkanes of at least 4 members (excludes halogenated alkanes) is 2. The lowest BCUT2D eigenvalue weighted by atomic mass is 9.81. The predicted molar refractivity (Wildman–Crippen MR) is 213 cm³/mol. The average molecular weight is 842 g/mol. The first kappa shape index (κ1) is 44.5. The molecule has 4 rings (SSSR count). The second-order valence-electron chi connectivity index (χ2n) is 14.3. The summed E-state index contributed by atoms with van der Waals surface area (Å²) in [6.45, 7) is 11.0. The van der Waals surface area contributed by atoms with Gasteiger partial charge in [-0.3, -0.25) is 13.7 Å². The maximum Gasteiger partial charge on any atom is 0.294 e. The molecule has 18 heteroatoms. The summed E-state index contributed by atoms with van der Waals surface area (Å²) >= 11 is 0.856. The fraction of sp³-hybridized carbons (Fsp3) is 0.432. The molecule has 2 aliphatic rings. The van der Waals surface area contributed by atoms with Crippen LogP contribution in [0.5, 0.6) is 0 Å². The van der Waals surface area contributed by atoms with E-state index in [1.165, 1.54) is 12.1 Å². The molecule has 0 bridgehead atoms. The van der Waals surface area contributed by atoms with Crippen LogP contribution < -0.4 is 4.90 Å². The first-order chi connectivity index (χ1) is 25.6. The number of anilines is 1. The van der Waals surface area contributed by atoms with Crippen LogP contribution >= 0.6 is 12.0 Å². The zero-order chi connectivity index (χ0) is 40.8. The molecule has 302 valence electrons. The number of allylic oxidation sites excluding steroid dienone is 8. The van der Waals surface area contributed by atoms with E-state index in [1.54, 1.807) is 6.07 Å². The summed E-state index contributed by atoms with van der Waals surface area (Å²) in [5.74, 6) is -0.707. The van der Waals surface area contributed by atoms with Crippen molar-refractivity contribution in [1.82, 2.24) is 0 Å². The van der Waals surface area contributed by atoms with Gasteiger partial charge in [0.2, 0.25) is 5.69 Å². The largest absolute Gasteiger partial charge is 0.344 e. The molecule has 2 heterocycles. The summed E-state index contributed by atoms with van der Waals surface area (Å²) < 4.78 is 104. The molecule has 0 atom stereocenters. The fourth-order valence-corrected chi connectivity index (χ4v) is 9.03. The number of nitrogens with zero attached hydrogens (tertiary/aromatic N) is 2. The Morgan fingerprint density at radius 3 is 2.15 bits per heavy atom. The van der Waals surface area contributed by atoms with E-state index in [2.05, 4.69) is 27.8 Å². The minimum Gasteiger partial charge on any atom is -0.344 e. The molecule has 2 aromatic rings. The summed E-state index contributed by atoms with van der Waals surface area (Å²) in [4.78, 5) is 2.48. The van der Waals surface area contributed by atoms with Crippen molar-refractivity contribution < 1.29 is 58.1 Å². The maximum atomic E-state index is 12.0. The van der Waals surface area contributed by atoms with Crippen LogP contribution in [-0.2, 0) is 50.6 Å². The highest BCUT2D eigenvalue weighted by atomic mass is 32.2. The van der Waals surface area contributed by atoms with Crippen molar-refractivity contribution in [3.8, 4) is 0 Å². The van der Waals surface area contributed by atoms with Crippen molar-refractivity contribution in [2.45, 2.75) is 87.3 Å². The Labute approximate surface area is 328 Å². The number of rotatable bonds is 19. The van der Waals surface area contributed by atoms with Crippen LogP contribution in [-0.4, -0.2) is 79.1 Å². The topological polar surface area (TPSA) is 208 Å². The van der Waals surface area contributed by atoms with E-state index in [4.69, 9.17) is 5.26 Å². The van der Waals surface area contributed by atoms with Gasteiger partial charge in [-0.15, -0.1) is 4.33 Å². The molecule has 0 saturated carbocycles. The van der Waals surface area contributed by atoms with Gasteiger partial charge < -0.3 is 4.90 Å². The number of hydrogen-bond acceptors (Lipinski definition) is 11. The van der Waals surface area contributed by atoms with E-state index in [1.807, 2.05) is 80.3 Å². The van der Waals surface area contributed by atoms with Crippen molar-refractivity contribution in [3.63, 3.8) is 0 Å². The molecule has 55 heavy (non-hydrogen) atoms. The van der Waals surface area contributed by atoms with Crippen LogP contribution in [0.1, 0.15) is 77.8 Å². The van der Waals surface area contributed by atoms with Gasteiger partial charge in [-0.05, 0) is 87.1 Å². The SMILES string of the molecule is CCC(C=C/C=C1/N(CCCCS(=O)(=O)O)c2ccc(S(=O)(=O)O)cc2C1(C)C)=CC=CC1=[N+](CCCCS(=O)(=O)O)c2ccc(SOOO)cc2C1(C)C. The van der Waals surface area contributed by atoms with Crippen molar-refractivity contribution >= 4 is 59.5 Å². The van der Waals surface area contributed by atoms with Gasteiger partial charge in [0.1, 0.15) is 6.54 Å². The second kappa shape index (κ2) is 18.0. The highest BCUT2D eigenvalue weighted by Crippen LogP contribution is 2.48. The Hall–Kier alpha value is -3.17. The third-order valence-corrected chi connectivity index (χ3v) is 12.8. The lowest BCUT2D eigenvalue weighted by molar-refractivity contribution is -0.438. The molecule has 2 aliphatic heterocycles. The van der Waals surface area contributed by atoms with Crippen LogP contribution in [0.25, 0.3) is 0 Å². The van der Waals surface area contributed by atoms with E-state index < -0.39 is 41.2 Å². The molecule has 0 amide bonds. The lowest BCUT2D eigenvalue weighted by Crippen LogP contribution is -2.28. The molecule has 14 nitrogen and oxygen atoms in total. The molecule has 0 saturated heterocycles. The van der Waals surface area contributed by atoms with E-state index in [0.29, 0.717) is 42.8 Å². The lowest BCUT2D eigenvalue weighted by Gasteiger charge is -2.27. The third kappa shape index (κ3) is 11.5. The van der Waals surface area contributed by atoms with Crippen LogP contribution in [0.3, 0.4) is 0 Å². The molecule has 0 radical (unpaired) electrons. The first-order valence-electron chi connectivity index (χ1n) is 17.6. The zero-order valence-electron chi connectivity index (χ0n) is 31.4. The maximum absolute atomic E-state index is 12.0. The summed E-state index contributed by atoms with van der Waals surface area (Å²) in [5.41, 5.74) is 4.98. The van der Waals surface area contributed by atoms with Crippen LogP contribution in [0.2, 0.25) is 0 Å². The van der Waals surface area contributed by atoms with Crippen LogP contribution in [0.15, 0.2) is 93.9 Å². The number of hydrogen-bond donors (Lipinski definition) is 4. The minimum absolute atomic E-state index is 0.224. The second-order valence-corrected chi connectivity index (χ2v) is 19.7. The summed E-state index contributed by atoms with van der Waals surface area (Å²) in [6.07, 6.45) is 13.9. The van der Waals surface area contributed by atoms with Crippen LogP contribution in [0, 0.1) is 0 Å². The molecule has 4 N–H and O–H groups in total. The van der Waals surface area contributed by atoms with Crippen molar-refractivity contribution in [1.29, 1.82) is 0 Å². The normalized spacial score (nSPS) is 17.9. The highest BCUT2D eigenvalue weighted by molar-refractivity contribution is 7.94. The van der Waals surface area contributed by atoms with Gasteiger partial charge in [-0.2, -0.15) is 29.8 Å². The van der Waals surface area contributed by atoms with Gasteiger partial charge >= 0.3 is 0 Å². The van der Waals surface area contributed by atoms with Crippen molar-refractivity contribution in [2.75, 3.05) is 29.5 Å². The first-order valence-corrected chi connectivity index (χ1v) is 23.0. The Bertz CT molecular complexity index is 2240. The summed E-state index contributed by atoms with van der Waals surface area (Å²) in [6, 6.07) is 10.1. The molecule has 0 unspecified atom stereocenters. The molecule has 0 aromatic heterocycles. The van der Waals surface area contributed by atoms with Gasteiger partial charge in [-0.1, -0.05) is 50.1 Å². The highest BCUT2D eigenvalue weighted by Gasteiger charge is 2.44. The monoisotopic (exact) mass is 841 g/mol. The fourth-order valence-electron chi connectivity index (χ4n) is 6.98. The Morgan fingerprint density at radius 1 is 0.855 bits per heavy atom. The van der Waals surface area contributed by atoms with Crippen molar-refractivity contribution in [3.05, 3.63) is 95.3 Å². The van der Waals surface area contributed by atoms with Gasteiger partial charge in [0, 0.05) is 52.4 Å². The third-order valence-electron chi connectivity index (χ3n) is 9.79. The number of benzene rings is 2. The zero-order valence-corrected chi connectivity index (χ0v) is 34.6. The molecular formula is C37H49N2O12S4+. The van der Waals surface area contributed by atoms with E-state index in [9.17, 15) is 38.9 Å². The van der Waals surface area contributed by atoms with Gasteiger partial charge in [0.05, 0.1) is 33.9 Å². The minimum atomic E-state index is -4.45. The quantitative estimate of drug-likeness (QED) is 0.0210. The molecule has 0 fully saturated rings. The molecule has 0 aliphatic carbocycles. The Balaban J connectivity index is 1.65. The molecule has 0 spiro atoms. The average Bonchev–Trinajstić information content (AvgIpc) is 3.43. The van der Waals surface area contributed by atoms with Crippen LogP contribution in [0.4, 0.5) is 11.4 Å². The summed E-state index contributed by atoms with van der Waals surface area (Å²) in [5, 5.41) is 12.4. The van der Waals surface area contributed by atoms with Gasteiger partial charge in [-0.25, -0.2) is 5.26 Å². The van der Waals surface area contributed by atoms with Gasteiger partial charge in [0.15, 0.2) is 5.71 Å². The summed E-state index contributed by atoms with van der Waals surface area (Å²) in [7, 11) is -12.7. The van der Waals surface area contributed by atoms with Crippen molar-refractivity contribution in [2.24, 2.45) is 0 Å². The van der Waals surface area contributed by atoms with Gasteiger partial charge in [0.25, 0.3) is 30.4 Å². The van der Waals surface area contributed by atoms with E-state index in [-0.39, 0.29) is 29.2 Å². The standard InChI is InChI=1S/C37H48N2O12S4/c1-6-27(13-11-15-34-36(2,3)30-25-28(52-51-50-40)17-19-32(30)38(34)21-7-9-23-53(41,42)43)14-12-16-35-37(4,5)31-26-29(55(47,48)49)18-20-33(31)39(35)22-8-10-24-54(44,45)46/h11-20,25-26H,6-10,21-24H2,1-5H3,(H3-,40,41,42,43,44,45,46,47,48,49)/p+1. The Kier molecular flexibility index (Phi) is 14.5. The molecule has 2 aromatic carbocycles. The van der Waals surface area contributed by atoms with E-state index >= 15 is 0 Å². The number of fused-ring (bicyclic) bond motifs is 2. The molecular weight excluding hydrogens is 793 g/mol. The van der Waals surface area contributed by atoms with E-state index in [0.717, 1.165) is 46.0 Å². The smallest absolute Gasteiger partial charge is 0.294 e. The predicted octanol–water partition coefficient (Wildman–Crippen LogP) is 7.20.